The lowest BCUT2D eigenvalue weighted by molar-refractivity contribution is 0.0799. The topological polar surface area (TPSA) is 120 Å². The number of pyridine rings is 2. The summed E-state index contributed by atoms with van der Waals surface area (Å²) >= 11 is 0. The Hall–Kier alpha value is -3.77. The van der Waals surface area contributed by atoms with Crippen molar-refractivity contribution in [3.8, 4) is 28.4 Å². The summed E-state index contributed by atoms with van der Waals surface area (Å²) in [4.78, 5) is 22.0. The molecule has 1 fully saturated rings. The number of carbonyl (C=O) groups is 1. The van der Waals surface area contributed by atoms with Gasteiger partial charge in [0.1, 0.15) is 18.8 Å². The van der Waals surface area contributed by atoms with Crippen molar-refractivity contribution >= 4 is 19.8 Å². The average Bonchev–Trinajstić information content (AvgIpc) is 3.59. The molecule has 1 amide bonds. The minimum atomic E-state index is -1.25. The Bertz CT molecular complexity index is 1530. The number of amides is 1. The summed E-state index contributed by atoms with van der Waals surface area (Å²) in [5, 5.41) is 18.8. The predicted molar refractivity (Wildman–Crippen MR) is 164 cm³/mol. The quantitative estimate of drug-likeness (QED) is 0.177. The van der Waals surface area contributed by atoms with Gasteiger partial charge < -0.3 is 19.5 Å². The van der Waals surface area contributed by atoms with Gasteiger partial charge in [0.05, 0.1) is 18.5 Å². The molecule has 224 valence electrons. The third-order valence-corrected chi connectivity index (χ3v) is 9.58. The van der Waals surface area contributed by atoms with Crippen molar-refractivity contribution in [1.82, 2.24) is 34.3 Å². The van der Waals surface area contributed by atoms with Gasteiger partial charge in [0.15, 0.2) is 11.4 Å². The molecule has 4 aromatic rings. The standard InChI is InChI=1S/C30H41N7O4Si/c1-20(2)26-27(24-8-7-22(16-31-24)21-9-11-35(12-10-21)30(38)39)34-37(19-41-13-14-42(4,5)6)28(26)23-15-25(40-3)29-32-18-33-36(29)17-23/h7-8,15-18,20-21H,9-14,19H2,1-6H3,(H,38,39). The minimum absolute atomic E-state index is 0.144. The van der Waals surface area contributed by atoms with Crippen LogP contribution in [0.25, 0.3) is 28.3 Å². The van der Waals surface area contributed by atoms with Crippen molar-refractivity contribution in [2.45, 2.75) is 70.9 Å². The molecule has 12 heteroatoms. The number of fused-ring (bicyclic) bond motifs is 1. The first-order valence-electron chi connectivity index (χ1n) is 14.6. The number of piperidine rings is 1. The Morgan fingerprint density at radius 1 is 1.17 bits per heavy atom. The van der Waals surface area contributed by atoms with Gasteiger partial charge in [0.2, 0.25) is 0 Å². The zero-order chi connectivity index (χ0) is 30.0. The first-order chi connectivity index (χ1) is 20.1. The van der Waals surface area contributed by atoms with Gasteiger partial charge in [-0.15, -0.1) is 0 Å². The summed E-state index contributed by atoms with van der Waals surface area (Å²) < 4.78 is 15.5. The van der Waals surface area contributed by atoms with E-state index in [0.29, 0.717) is 43.7 Å². The molecule has 1 N–H and O–H groups in total. The second-order valence-corrected chi connectivity index (χ2v) is 18.1. The van der Waals surface area contributed by atoms with E-state index in [1.54, 1.807) is 11.6 Å². The molecule has 11 nitrogen and oxygen atoms in total. The van der Waals surface area contributed by atoms with Crippen molar-refractivity contribution in [3.63, 3.8) is 0 Å². The smallest absolute Gasteiger partial charge is 0.407 e. The second kappa shape index (κ2) is 12.2. The normalized spacial score (nSPS) is 14.7. The Labute approximate surface area is 247 Å². The second-order valence-electron chi connectivity index (χ2n) is 12.5. The van der Waals surface area contributed by atoms with Crippen LogP contribution in [0.1, 0.15) is 49.7 Å². The van der Waals surface area contributed by atoms with Crippen LogP contribution in [0, 0.1) is 0 Å². The van der Waals surface area contributed by atoms with Crippen molar-refractivity contribution in [1.29, 1.82) is 0 Å². The van der Waals surface area contributed by atoms with E-state index in [4.69, 9.17) is 19.6 Å². The number of aromatic nitrogens is 6. The van der Waals surface area contributed by atoms with E-state index in [1.165, 1.54) is 11.2 Å². The Kier molecular flexibility index (Phi) is 8.65. The molecule has 0 atom stereocenters. The lowest BCUT2D eigenvalue weighted by Crippen LogP contribution is -2.36. The summed E-state index contributed by atoms with van der Waals surface area (Å²) in [5.74, 6) is 1.07. The molecule has 0 saturated carbocycles. The number of carboxylic acid groups (broad SMARTS) is 1. The van der Waals surface area contributed by atoms with E-state index < -0.39 is 14.2 Å². The molecule has 0 aromatic carbocycles. The van der Waals surface area contributed by atoms with Crippen LogP contribution in [0.15, 0.2) is 36.9 Å². The maximum absolute atomic E-state index is 11.3. The van der Waals surface area contributed by atoms with Gasteiger partial charge in [-0.1, -0.05) is 39.6 Å². The van der Waals surface area contributed by atoms with E-state index in [9.17, 15) is 9.90 Å². The number of hydrogen-bond donors (Lipinski definition) is 1. The monoisotopic (exact) mass is 591 g/mol. The molecule has 42 heavy (non-hydrogen) atoms. The zero-order valence-corrected chi connectivity index (χ0v) is 26.4. The molecule has 5 rings (SSSR count). The minimum Gasteiger partial charge on any atom is -0.493 e. The van der Waals surface area contributed by atoms with E-state index in [1.807, 2.05) is 29.2 Å². The maximum atomic E-state index is 11.3. The number of likely N-dealkylation sites (tertiary alicyclic amines) is 1. The molecule has 1 saturated heterocycles. The first-order valence-corrected chi connectivity index (χ1v) is 18.3. The van der Waals surface area contributed by atoms with Crippen LogP contribution in [0.4, 0.5) is 4.79 Å². The van der Waals surface area contributed by atoms with Crippen LogP contribution in [0.2, 0.25) is 25.7 Å². The van der Waals surface area contributed by atoms with Gasteiger partial charge in [-0.3, -0.25) is 4.98 Å². The van der Waals surface area contributed by atoms with Gasteiger partial charge >= 0.3 is 6.09 Å². The molecule has 0 spiro atoms. The number of rotatable bonds is 10. The Balaban J connectivity index is 1.52. The third kappa shape index (κ3) is 6.34. The zero-order valence-electron chi connectivity index (χ0n) is 25.4. The summed E-state index contributed by atoms with van der Waals surface area (Å²) in [5.41, 5.74) is 6.31. The van der Waals surface area contributed by atoms with Gasteiger partial charge in [0, 0.05) is 51.3 Å². The Morgan fingerprint density at radius 3 is 2.55 bits per heavy atom. The molecule has 0 aliphatic carbocycles. The molecular formula is C30H41N7O4Si. The highest BCUT2D eigenvalue weighted by Crippen LogP contribution is 2.39. The number of nitrogens with zero attached hydrogens (tertiary/aromatic N) is 7. The third-order valence-electron chi connectivity index (χ3n) is 7.88. The van der Waals surface area contributed by atoms with Crippen LogP contribution < -0.4 is 4.74 Å². The summed E-state index contributed by atoms with van der Waals surface area (Å²) in [6.07, 6.45) is 6.14. The van der Waals surface area contributed by atoms with E-state index in [0.717, 1.165) is 52.7 Å². The molecule has 0 radical (unpaired) electrons. The van der Waals surface area contributed by atoms with E-state index >= 15 is 0 Å². The number of ether oxygens (including phenoxy) is 2. The Morgan fingerprint density at radius 2 is 1.93 bits per heavy atom. The summed E-state index contributed by atoms with van der Waals surface area (Å²) in [7, 11) is 0.390. The fraction of sp³-hybridized carbons (Fsp3) is 0.500. The van der Waals surface area contributed by atoms with Crippen molar-refractivity contribution in [3.05, 3.63) is 48.0 Å². The van der Waals surface area contributed by atoms with Crippen molar-refractivity contribution in [2.24, 2.45) is 0 Å². The first kappa shape index (κ1) is 29.7. The molecule has 1 aliphatic heterocycles. The van der Waals surface area contributed by atoms with Crippen molar-refractivity contribution < 1.29 is 19.4 Å². The highest BCUT2D eigenvalue weighted by molar-refractivity contribution is 6.76. The van der Waals surface area contributed by atoms with Gasteiger partial charge in [-0.05, 0) is 48.4 Å². The molecule has 5 heterocycles. The van der Waals surface area contributed by atoms with Crippen LogP contribution in [0.5, 0.6) is 5.75 Å². The van der Waals surface area contributed by atoms with Crippen LogP contribution >= 0.6 is 0 Å². The van der Waals surface area contributed by atoms with E-state index in [-0.39, 0.29) is 5.92 Å². The van der Waals surface area contributed by atoms with E-state index in [2.05, 4.69) is 49.6 Å². The van der Waals surface area contributed by atoms with Gasteiger partial charge in [0.25, 0.3) is 0 Å². The molecule has 0 bridgehead atoms. The molecule has 1 aliphatic rings. The summed E-state index contributed by atoms with van der Waals surface area (Å²) in [6, 6.07) is 7.20. The predicted octanol–water partition coefficient (Wildman–Crippen LogP) is 5.96. The SMILES string of the molecule is COc1cc(-c2c(C(C)C)c(-c3ccc(C4CCN(C(=O)O)CC4)cn3)nn2COCC[Si](C)(C)C)cn2ncnc12. The lowest BCUT2D eigenvalue weighted by atomic mass is 9.90. The van der Waals surface area contributed by atoms with Crippen LogP contribution in [0.3, 0.4) is 0 Å². The molecular weight excluding hydrogens is 550 g/mol. The van der Waals surface area contributed by atoms with Crippen molar-refractivity contribution in [2.75, 3.05) is 26.8 Å². The number of methoxy groups -OCH3 is 1. The molecule has 4 aromatic heterocycles. The highest BCUT2D eigenvalue weighted by atomic mass is 28.3. The van der Waals surface area contributed by atoms with Gasteiger partial charge in [-0.2, -0.15) is 10.2 Å². The maximum Gasteiger partial charge on any atom is 0.407 e. The highest BCUT2D eigenvalue weighted by Gasteiger charge is 2.27. The largest absolute Gasteiger partial charge is 0.493 e. The number of hydrogen-bond acceptors (Lipinski definition) is 7. The van der Waals surface area contributed by atoms with Gasteiger partial charge in [-0.25, -0.2) is 19.0 Å². The van der Waals surface area contributed by atoms with Crippen LogP contribution in [-0.4, -0.2) is 80.3 Å². The fourth-order valence-electron chi connectivity index (χ4n) is 5.51. The lowest BCUT2D eigenvalue weighted by Gasteiger charge is -2.30. The molecule has 0 unspecified atom stereocenters. The fourth-order valence-corrected chi connectivity index (χ4v) is 6.26. The summed E-state index contributed by atoms with van der Waals surface area (Å²) in [6.45, 7) is 13.4. The van der Waals surface area contributed by atoms with Crippen LogP contribution in [-0.2, 0) is 11.5 Å². The average molecular weight is 592 g/mol.